The molecule has 0 saturated carbocycles. The molecule has 6 nitrogen and oxygen atoms in total. The SMILES string of the molecule is Cc1noc(C)c1S(=O)(=O)N1CC[C@@H]2CNC[C@@H]21. The minimum absolute atomic E-state index is 0.0868. The Kier molecular flexibility index (Phi) is 2.72. The van der Waals surface area contributed by atoms with Crippen LogP contribution in [0.3, 0.4) is 0 Å². The first-order valence-corrected chi connectivity index (χ1v) is 7.61. The van der Waals surface area contributed by atoms with Crippen molar-refractivity contribution in [2.45, 2.75) is 31.2 Å². The zero-order chi connectivity index (χ0) is 12.9. The predicted octanol–water partition coefficient (Wildman–Crippen LogP) is 0.274. The largest absolute Gasteiger partial charge is 0.360 e. The summed E-state index contributed by atoms with van der Waals surface area (Å²) in [6, 6.07) is 0.0868. The van der Waals surface area contributed by atoms with Crippen molar-refractivity contribution in [3.63, 3.8) is 0 Å². The Labute approximate surface area is 106 Å². The lowest BCUT2D eigenvalue weighted by Crippen LogP contribution is -2.39. The zero-order valence-electron chi connectivity index (χ0n) is 10.5. The second-order valence-electron chi connectivity index (χ2n) is 5.04. The van der Waals surface area contributed by atoms with E-state index in [2.05, 4.69) is 10.5 Å². The van der Waals surface area contributed by atoms with Gasteiger partial charge in [0.1, 0.15) is 10.6 Å². The van der Waals surface area contributed by atoms with Crippen LogP contribution in [0.2, 0.25) is 0 Å². The Balaban J connectivity index is 2.01. The topological polar surface area (TPSA) is 75.4 Å². The van der Waals surface area contributed by atoms with Gasteiger partial charge in [-0.1, -0.05) is 5.16 Å². The Hall–Kier alpha value is -0.920. The number of hydrogen-bond donors (Lipinski definition) is 1. The van der Waals surface area contributed by atoms with Crippen LogP contribution in [0.1, 0.15) is 17.9 Å². The number of hydrogen-bond acceptors (Lipinski definition) is 5. The number of nitrogens with one attached hydrogen (secondary N) is 1. The molecular formula is C11H17N3O3S. The molecule has 0 unspecified atom stereocenters. The molecule has 0 radical (unpaired) electrons. The molecule has 2 atom stereocenters. The molecule has 1 aromatic rings. The molecule has 2 aliphatic heterocycles. The minimum atomic E-state index is -3.47. The number of fused-ring (bicyclic) bond motifs is 1. The molecule has 0 spiro atoms. The van der Waals surface area contributed by atoms with E-state index >= 15 is 0 Å². The van der Waals surface area contributed by atoms with E-state index in [-0.39, 0.29) is 10.9 Å². The Morgan fingerprint density at radius 2 is 2.17 bits per heavy atom. The van der Waals surface area contributed by atoms with Crippen LogP contribution in [0.25, 0.3) is 0 Å². The van der Waals surface area contributed by atoms with Gasteiger partial charge in [0, 0.05) is 19.1 Å². The van der Waals surface area contributed by atoms with Gasteiger partial charge in [-0.25, -0.2) is 8.42 Å². The molecule has 2 saturated heterocycles. The third-order valence-electron chi connectivity index (χ3n) is 3.93. The lowest BCUT2D eigenvalue weighted by molar-refractivity contribution is 0.377. The van der Waals surface area contributed by atoms with E-state index in [1.165, 1.54) is 0 Å². The van der Waals surface area contributed by atoms with Gasteiger partial charge in [-0.15, -0.1) is 0 Å². The smallest absolute Gasteiger partial charge is 0.248 e. The quantitative estimate of drug-likeness (QED) is 0.836. The molecule has 18 heavy (non-hydrogen) atoms. The molecule has 0 aliphatic carbocycles. The fraction of sp³-hybridized carbons (Fsp3) is 0.727. The van der Waals surface area contributed by atoms with Gasteiger partial charge in [-0.2, -0.15) is 4.31 Å². The van der Waals surface area contributed by atoms with Crippen LogP contribution in [-0.4, -0.2) is 43.6 Å². The van der Waals surface area contributed by atoms with Crippen LogP contribution in [0, 0.1) is 19.8 Å². The van der Waals surface area contributed by atoms with Crippen molar-refractivity contribution >= 4 is 10.0 Å². The summed E-state index contributed by atoms with van der Waals surface area (Å²) in [5.41, 5.74) is 0.446. The molecule has 0 bridgehead atoms. The molecule has 7 heteroatoms. The van der Waals surface area contributed by atoms with Crippen molar-refractivity contribution in [1.29, 1.82) is 0 Å². The van der Waals surface area contributed by atoms with Gasteiger partial charge >= 0.3 is 0 Å². The third kappa shape index (κ3) is 1.61. The first-order valence-electron chi connectivity index (χ1n) is 6.17. The maximum Gasteiger partial charge on any atom is 0.248 e. The van der Waals surface area contributed by atoms with E-state index in [1.807, 2.05) is 0 Å². The number of aromatic nitrogens is 1. The molecule has 2 aliphatic rings. The van der Waals surface area contributed by atoms with Crippen molar-refractivity contribution < 1.29 is 12.9 Å². The van der Waals surface area contributed by atoms with Gasteiger partial charge in [0.25, 0.3) is 0 Å². The molecule has 1 N–H and O–H groups in total. The summed E-state index contributed by atoms with van der Waals surface area (Å²) in [5.74, 6) is 0.821. The maximum absolute atomic E-state index is 12.7. The molecule has 100 valence electrons. The van der Waals surface area contributed by atoms with Crippen molar-refractivity contribution in [2.75, 3.05) is 19.6 Å². The van der Waals surface area contributed by atoms with E-state index in [9.17, 15) is 8.42 Å². The number of rotatable bonds is 2. The summed E-state index contributed by atoms with van der Waals surface area (Å²) in [4.78, 5) is 0.245. The predicted molar refractivity (Wildman–Crippen MR) is 64.6 cm³/mol. The molecule has 0 amide bonds. The Morgan fingerprint density at radius 1 is 1.39 bits per heavy atom. The van der Waals surface area contributed by atoms with E-state index in [1.54, 1.807) is 18.2 Å². The van der Waals surface area contributed by atoms with Gasteiger partial charge in [-0.05, 0) is 32.7 Å². The van der Waals surface area contributed by atoms with Crippen molar-refractivity contribution in [1.82, 2.24) is 14.8 Å². The fourth-order valence-electron chi connectivity index (χ4n) is 3.07. The fourth-order valence-corrected chi connectivity index (χ4v) is 5.06. The highest BCUT2D eigenvalue weighted by Gasteiger charge is 2.45. The van der Waals surface area contributed by atoms with E-state index in [0.717, 1.165) is 19.5 Å². The van der Waals surface area contributed by atoms with E-state index in [4.69, 9.17) is 4.52 Å². The van der Waals surface area contributed by atoms with Gasteiger partial charge < -0.3 is 9.84 Å². The second kappa shape index (κ2) is 4.04. The summed E-state index contributed by atoms with van der Waals surface area (Å²) >= 11 is 0. The molecule has 2 fully saturated rings. The number of aryl methyl sites for hydroxylation is 2. The maximum atomic E-state index is 12.7. The first-order chi connectivity index (χ1) is 8.51. The highest BCUT2D eigenvalue weighted by Crippen LogP contribution is 2.34. The summed E-state index contributed by atoms with van der Waals surface area (Å²) in [7, 11) is -3.47. The van der Waals surface area contributed by atoms with Gasteiger partial charge in [-0.3, -0.25) is 0 Å². The normalized spacial score (nSPS) is 28.8. The van der Waals surface area contributed by atoms with Crippen LogP contribution >= 0.6 is 0 Å². The molecule has 0 aromatic carbocycles. The minimum Gasteiger partial charge on any atom is -0.360 e. The molecule has 1 aromatic heterocycles. The number of sulfonamides is 1. The van der Waals surface area contributed by atoms with E-state index in [0.29, 0.717) is 23.9 Å². The summed E-state index contributed by atoms with van der Waals surface area (Å²) < 4.78 is 32.0. The average Bonchev–Trinajstić information content (AvgIpc) is 2.92. The van der Waals surface area contributed by atoms with Crippen molar-refractivity contribution in [3.05, 3.63) is 11.5 Å². The molecule has 3 heterocycles. The van der Waals surface area contributed by atoms with Crippen molar-refractivity contribution in [3.8, 4) is 0 Å². The molecular weight excluding hydrogens is 254 g/mol. The highest BCUT2D eigenvalue weighted by atomic mass is 32.2. The van der Waals surface area contributed by atoms with Crippen LogP contribution in [0.15, 0.2) is 9.42 Å². The average molecular weight is 271 g/mol. The van der Waals surface area contributed by atoms with Crippen LogP contribution < -0.4 is 5.32 Å². The summed E-state index contributed by atoms with van der Waals surface area (Å²) in [5, 5.41) is 7.00. The number of nitrogens with zero attached hydrogens (tertiary/aromatic N) is 2. The van der Waals surface area contributed by atoms with Gasteiger partial charge in [0.15, 0.2) is 5.76 Å². The highest BCUT2D eigenvalue weighted by molar-refractivity contribution is 7.89. The van der Waals surface area contributed by atoms with Crippen LogP contribution in [-0.2, 0) is 10.0 Å². The zero-order valence-corrected chi connectivity index (χ0v) is 11.3. The van der Waals surface area contributed by atoms with E-state index < -0.39 is 10.0 Å². The third-order valence-corrected chi connectivity index (χ3v) is 6.10. The lowest BCUT2D eigenvalue weighted by atomic mass is 10.1. The Morgan fingerprint density at radius 3 is 2.83 bits per heavy atom. The standard InChI is InChI=1S/C11H17N3O3S/c1-7-11(8(2)17-13-7)18(15,16)14-4-3-9-5-12-6-10(9)14/h9-10,12H,3-6H2,1-2H3/t9-,10+/m1/s1. The molecule has 3 rings (SSSR count). The lowest BCUT2D eigenvalue weighted by Gasteiger charge is -2.22. The Bertz CT molecular complexity index is 547. The second-order valence-corrected chi connectivity index (χ2v) is 6.87. The summed E-state index contributed by atoms with van der Waals surface area (Å²) in [6.07, 6.45) is 0.931. The van der Waals surface area contributed by atoms with Crippen LogP contribution in [0.5, 0.6) is 0 Å². The summed E-state index contributed by atoms with van der Waals surface area (Å²) in [6.45, 7) is 5.58. The van der Waals surface area contributed by atoms with Crippen LogP contribution in [0.4, 0.5) is 0 Å². The first kappa shape index (κ1) is 12.1. The monoisotopic (exact) mass is 271 g/mol. The van der Waals surface area contributed by atoms with Gasteiger partial charge in [0.2, 0.25) is 10.0 Å². The van der Waals surface area contributed by atoms with Crippen molar-refractivity contribution in [2.24, 2.45) is 5.92 Å². The van der Waals surface area contributed by atoms with Gasteiger partial charge in [0.05, 0.1) is 0 Å².